The van der Waals surface area contributed by atoms with Crippen LogP contribution in [0.1, 0.15) is 92.1 Å². The summed E-state index contributed by atoms with van der Waals surface area (Å²) in [7, 11) is 0. The van der Waals surface area contributed by atoms with Crippen LogP contribution < -0.4 is 4.74 Å². The van der Waals surface area contributed by atoms with Crippen molar-refractivity contribution < 1.29 is 9.47 Å². The molecule has 0 aliphatic heterocycles. The molecule has 0 heterocycles. The van der Waals surface area contributed by atoms with Crippen molar-refractivity contribution in [2.24, 2.45) is 17.3 Å². The summed E-state index contributed by atoms with van der Waals surface area (Å²) >= 11 is 0. The summed E-state index contributed by atoms with van der Waals surface area (Å²) in [6.45, 7) is 16.1. The fourth-order valence-electron chi connectivity index (χ4n) is 4.58. The number of benzene rings is 1. The summed E-state index contributed by atoms with van der Waals surface area (Å²) in [5.74, 6) is 2.92. The third-order valence-electron chi connectivity index (χ3n) is 5.75. The van der Waals surface area contributed by atoms with Crippen molar-refractivity contribution in [3.05, 3.63) is 29.8 Å². The minimum Gasteiger partial charge on any atom is -0.465 e. The van der Waals surface area contributed by atoms with Gasteiger partial charge < -0.3 is 9.47 Å². The molecule has 26 heavy (non-hydrogen) atoms. The fourth-order valence-corrected chi connectivity index (χ4v) is 4.58. The Morgan fingerprint density at radius 1 is 1.00 bits per heavy atom. The molecule has 2 unspecified atom stereocenters. The summed E-state index contributed by atoms with van der Waals surface area (Å²) in [5.41, 5.74) is 1.65. The highest BCUT2D eigenvalue weighted by Crippen LogP contribution is 2.41. The highest BCUT2D eigenvalue weighted by Gasteiger charge is 2.29. The molecule has 0 radical (unpaired) electrons. The van der Waals surface area contributed by atoms with E-state index in [4.69, 9.17) is 9.47 Å². The Labute approximate surface area is 161 Å². The average molecular weight is 361 g/mol. The van der Waals surface area contributed by atoms with E-state index in [1.807, 2.05) is 0 Å². The van der Waals surface area contributed by atoms with Crippen LogP contribution in [0.4, 0.5) is 0 Å². The second-order valence-electron chi connectivity index (χ2n) is 9.63. The van der Waals surface area contributed by atoms with Gasteiger partial charge in [-0.25, -0.2) is 0 Å². The maximum atomic E-state index is 6.24. The van der Waals surface area contributed by atoms with E-state index in [0.29, 0.717) is 17.9 Å². The predicted molar refractivity (Wildman–Crippen MR) is 111 cm³/mol. The number of hydrogen-bond acceptors (Lipinski definition) is 2. The molecule has 1 aromatic carbocycles. The van der Waals surface area contributed by atoms with E-state index < -0.39 is 0 Å². The summed E-state index contributed by atoms with van der Waals surface area (Å²) in [6, 6.07) is 8.71. The van der Waals surface area contributed by atoms with Crippen molar-refractivity contribution in [2.45, 2.75) is 98.9 Å². The van der Waals surface area contributed by atoms with Gasteiger partial charge in [0, 0.05) is 6.42 Å². The van der Waals surface area contributed by atoms with Crippen LogP contribution >= 0.6 is 0 Å². The second kappa shape index (κ2) is 9.26. The summed E-state index contributed by atoms with van der Waals surface area (Å²) in [4.78, 5) is 0. The first-order chi connectivity index (χ1) is 12.2. The van der Waals surface area contributed by atoms with E-state index >= 15 is 0 Å². The van der Waals surface area contributed by atoms with Crippen LogP contribution in [-0.2, 0) is 4.74 Å². The number of ether oxygens (including phenoxy) is 2. The molecule has 1 fully saturated rings. The van der Waals surface area contributed by atoms with Crippen molar-refractivity contribution in [3.63, 3.8) is 0 Å². The fraction of sp³-hybridized carbons (Fsp3) is 0.750. The van der Waals surface area contributed by atoms with E-state index in [1.165, 1.54) is 31.2 Å². The zero-order valence-electron chi connectivity index (χ0n) is 18.0. The van der Waals surface area contributed by atoms with Crippen molar-refractivity contribution in [1.29, 1.82) is 0 Å². The van der Waals surface area contributed by atoms with E-state index in [1.54, 1.807) is 0 Å². The molecule has 1 aliphatic carbocycles. The molecule has 0 bridgehead atoms. The minimum absolute atomic E-state index is 0.136. The van der Waals surface area contributed by atoms with Gasteiger partial charge in [0.25, 0.3) is 0 Å². The number of hydrogen-bond donors (Lipinski definition) is 0. The molecule has 1 saturated carbocycles. The van der Waals surface area contributed by atoms with Crippen molar-refractivity contribution in [1.82, 2.24) is 0 Å². The average Bonchev–Trinajstić information content (AvgIpc) is 2.56. The Hall–Kier alpha value is -1.02. The molecule has 2 heteroatoms. The molecule has 1 aromatic rings. The van der Waals surface area contributed by atoms with Crippen LogP contribution in [0.3, 0.4) is 0 Å². The van der Waals surface area contributed by atoms with E-state index in [9.17, 15) is 0 Å². The summed E-state index contributed by atoms with van der Waals surface area (Å²) < 4.78 is 12.4. The quantitative estimate of drug-likeness (QED) is 0.479. The van der Waals surface area contributed by atoms with E-state index in [0.717, 1.165) is 18.1 Å². The first-order valence-corrected chi connectivity index (χ1v) is 10.6. The van der Waals surface area contributed by atoms with Gasteiger partial charge in [0.1, 0.15) is 5.75 Å². The van der Waals surface area contributed by atoms with Crippen molar-refractivity contribution in [3.8, 4) is 5.75 Å². The Bertz CT molecular complexity index is 518. The lowest BCUT2D eigenvalue weighted by molar-refractivity contribution is -0.131. The predicted octanol–water partition coefficient (Wildman–Crippen LogP) is 7.18. The van der Waals surface area contributed by atoms with Gasteiger partial charge in [0.15, 0.2) is 6.29 Å². The number of rotatable bonds is 7. The minimum atomic E-state index is -0.136. The molecule has 1 aliphatic rings. The largest absolute Gasteiger partial charge is 0.465 e. The molecule has 0 N–H and O–H groups in total. The molecule has 2 atom stereocenters. The zero-order valence-corrected chi connectivity index (χ0v) is 18.0. The highest BCUT2D eigenvalue weighted by molar-refractivity contribution is 5.30. The van der Waals surface area contributed by atoms with E-state index in [2.05, 4.69) is 72.7 Å². The Kier molecular flexibility index (Phi) is 7.58. The van der Waals surface area contributed by atoms with Crippen LogP contribution in [0.2, 0.25) is 0 Å². The smallest absolute Gasteiger partial charge is 0.199 e. The molecule has 0 saturated heterocycles. The first kappa shape index (κ1) is 21.3. The third kappa shape index (κ3) is 6.01. The second-order valence-corrected chi connectivity index (χ2v) is 9.63. The highest BCUT2D eigenvalue weighted by atomic mass is 16.7. The summed E-state index contributed by atoms with van der Waals surface area (Å²) in [5, 5.41) is 0. The van der Waals surface area contributed by atoms with Crippen molar-refractivity contribution in [2.75, 3.05) is 0 Å². The standard InChI is InChI=1S/C24H40O2/c1-8-22(25-20-13-9-18(4)10-14-20)26-21-15-11-19(12-16-21)23(17(2)3)24(5,6)7/h11-12,15-18,20,22-23H,8-10,13-14H2,1-7H3. The van der Waals surface area contributed by atoms with Crippen LogP contribution in [-0.4, -0.2) is 12.4 Å². The molecular weight excluding hydrogens is 320 g/mol. The Morgan fingerprint density at radius 2 is 1.58 bits per heavy atom. The Balaban J connectivity index is 1.98. The maximum Gasteiger partial charge on any atom is 0.199 e. The summed E-state index contributed by atoms with van der Waals surface area (Å²) in [6.07, 6.45) is 6.00. The van der Waals surface area contributed by atoms with Gasteiger partial charge in [-0.1, -0.05) is 60.6 Å². The van der Waals surface area contributed by atoms with Crippen LogP contribution in [0.5, 0.6) is 5.75 Å². The lowest BCUT2D eigenvalue weighted by atomic mass is 9.70. The third-order valence-corrected chi connectivity index (χ3v) is 5.75. The maximum absolute atomic E-state index is 6.24. The van der Waals surface area contributed by atoms with E-state index in [-0.39, 0.29) is 11.7 Å². The van der Waals surface area contributed by atoms with Crippen LogP contribution in [0.25, 0.3) is 0 Å². The monoisotopic (exact) mass is 360 g/mol. The van der Waals surface area contributed by atoms with Gasteiger partial charge in [-0.2, -0.15) is 0 Å². The van der Waals surface area contributed by atoms with Gasteiger partial charge in [0.2, 0.25) is 0 Å². The van der Waals surface area contributed by atoms with Gasteiger partial charge >= 0.3 is 0 Å². The van der Waals surface area contributed by atoms with Gasteiger partial charge in [-0.3, -0.25) is 0 Å². The topological polar surface area (TPSA) is 18.5 Å². The van der Waals surface area contributed by atoms with Gasteiger partial charge in [-0.05, 0) is 66.5 Å². The zero-order chi connectivity index (χ0) is 19.3. The molecule has 2 nitrogen and oxygen atoms in total. The molecule has 148 valence electrons. The lowest BCUT2D eigenvalue weighted by Crippen LogP contribution is -2.29. The Morgan fingerprint density at radius 3 is 2.04 bits per heavy atom. The lowest BCUT2D eigenvalue weighted by Gasteiger charge is -2.34. The molecule has 0 spiro atoms. The molecular formula is C24H40O2. The van der Waals surface area contributed by atoms with Crippen LogP contribution in [0.15, 0.2) is 24.3 Å². The van der Waals surface area contributed by atoms with Crippen molar-refractivity contribution >= 4 is 0 Å². The molecule has 0 aromatic heterocycles. The normalized spacial score (nSPS) is 23.7. The SMILES string of the molecule is CCC(Oc1ccc(C(C(C)C)C(C)(C)C)cc1)OC1CCC(C)CC1. The van der Waals surface area contributed by atoms with Gasteiger partial charge in [0.05, 0.1) is 6.10 Å². The molecule has 0 amide bonds. The first-order valence-electron chi connectivity index (χ1n) is 10.6. The van der Waals surface area contributed by atoms with Gasteiger partial charge in [-0.15, -0.1) is 0 Å². The molecule has 2 rings (SSSR count). The van der Waals surface area contributed by atoms with Crippen LogP contribution in [0, 0.1) is 17.3 Å².